The average Bonchev–Trinajstić information content (AvgIpc) is 3.35. The summed E-state index contributed by atoms with van der Waals surface area (Å²) in [4.78, 5) is 15.0. The number of anilines is 1. The second kappa shape index (κ2) is 11.5. The monoisotopic (exact) mass is 555 g/mol. The van der Waals surface area contributed by atoms with Crippen molar-refractivity contribution < 1.29 is 26.4 Å². The molecule has 0 radical (unpaired) electrons. The first-order valence-electron chi connectivity index (χ1n) is 12.5. The van der Waals surface area contributed by atoms with Crippen LogP contribution in [0.5, 0.6) is 0 Å². The third kappa shape index (κ3) is 6.60. The Morgan fingerprint density at radius 3 is 2.23 bits per heavy atom. The van der Waals surface area contributed by atoms with Crippen molar-refractivity contribution in [2.45, 2.75) is 49.3 Å². The summed E-state index contributed by atoms with van der Waals surface area (Å²) in [6.45, 7) is 2.37. The quantitative estimate of drug-likeness (QED) is 0.385. The molecule has 1 unspecified atom stereocenters. The van der Waals surface area contributed by atoms with Crippen LogP contribution in [0, 0.1) is 11.3 Å². The molecule has 1 heterocycles. The Morgan fingerprint density at radius 1 is 1.03 bits per heavy atom. The van der Waals surface area contributed by atoms with Crippen LogP contribution in [-0.2, 0) is 22.6 Å². The number of sulfone groups is 1. The molecule has 1 fully saturated rings. The Labute approximate surface area is 226 Å². The Bertz CT molecular complexity index is 1450. The predicted molar refractivity (Wildman–Crippen MR) is 142 cm³/mol. The van der Waals surface area contributed by atoms with Gasteiger partial charge in [-0.3, -0.25) is 4.79 Å². The minimum Gasteiger partial charge on any atom is -0.367 e. The van der Waals surface area contributed by atoms with Crippen LogP contribution in [0.4, 0.5) is 18.9 Å². The number of nitrogens with zero attached hydrogens (tertiary/aromatic N) is 2. The highest BCUT2D eigenvalue weighted by atomic mass is 32.2. The molecule has 10 heteroatoms. The zero-order valence-corrected chi connectivity index (χ0v) is 22.1. The number of nitrogens with one attached hydrogen (secondary N) is 1. The molecule has 3 aromatic carbocycles. The molecule has 1 aliphatic rings. The Morgan fingerprint density at radius 2 is 1.67 bits per heavy atom. The molecule has 3 aromatic rings. The van der Waals surface area contributed by atoms with Crippen LogP contribution in [0.15, 0.2) is 77.7 Å². The van der Waals surface area contributed by atoms with E-state index in [9.17, 15) is 31.6 Å². The SMILES string of the molecule is CCS(=O)(=O)c1ccc(CNC(=O)c2ccc(N3CC(c4ccc(C(F)(F)F)cc4)C[C@H]3CC#N)cc2)cc1. The van der Waals surface area contributed by atoms with Gasteiger partial charge in [0.05, 0.1) is 28.7 Å². The van der Waals surface area contributed by atoms with Gasteiger partial charge in [-0.05, 0) is 66.1 Å². The highest BCUT2D eigenvalue weighted by Gasteiger charge is 2.34. The fourth-order valence-corrected chi connectivity index (χ4v) is 5.67. The van der Waals surface area contributed by atoms with Gasteiger partial charge in [0.15, 0.2) is 9.84 Å². The summed E-state index contributed by atoms with van der Waals surface area (Å²) >= 11 is 0. The zero-order valence-electron chi connectivity index (χ0n) is 21.3. The van der Waals surface area contributed by atoms with E-state index in [0.29, 0.717) is 18.5 Å². The molecule has 0 bridgehead atoms. The topological polar surface area (TPSA) is 90.3 Å². The summed E-state index contributed by atoms with van der Waals surface area (Å²) in [5.74, 6) is -0.291. The normalized spacial score (nSPS) is 17.6. The van der Waals surface area contributed by atoms with Crippen LogP contribution in [-0.4, -0.2) is 32.7 Å². The molecule has 1 aliphatic heterocycles. The lowest BCUT2D eigenvalue weighted by molar-refractivity contribution is -0.137. The number of alkyl halides is 3. The molecule has 0 aromatic heterocycles. The largest absolute Gasteiger partial charge is 0.416 e. The first-order chi connectivity index (χ1) is 18.5. The minimum atomic E-state index is -4.39. The summed E-state index contributed by atoms with van der Waals surface area (Å²) < 4.78 is 62.7. The van der Waals surface area contributed by atoms with Crippen molar-refractivity contribution in [2.75, 3.05) is 17.2 Å². The van der Waals surface area contributed by atoms with Crippen molar-refractivity contribution in [3.05, 3.63) is 95.1 Å². The van der Waals surface area contributed by atoms with Crippen molar-refractivity contribution in [2.24, 2.45) is 0 Å². The first-order valence-corrected chi connectivity index (χ1v) is 14.2. The van der Waals surface area contributed by atoms with Crippen LogP contribution in [0.1, 0.15) is 52.7 Å². The number of halogens is 3. The predicted octanol–water partition coefficient (Wildman–Crippen LogP) is 5.71. The number of amides is 1. The Kier molecular flexibility index (Phi) is 8.31. The molecule has 1 amide bonds. The van der Waals surface area contributed by atoms with Gasteiger partial charge in [-0.2, -0.15) is 18.4 Å². The standard InChI is InChI=1S/C29H28F3N3O3S/c1-2-39(37,38)27-13-3-20(4-14-27)18-34-28(36)22-7-11-25(12-8-22)35-19-23(17-26(35)15-16-33)21-5-9-24(10-6-21)29(30,31)32/h3-14,23,26H,2,15,17-19H2,1H3,(H,34,36)/t23?,26-/m1/s1. The highest BCUT2D eigenvalue weighted by Crippen LogP contribution is 2.38. The summed E-state index contributed by atoms with van der Waals surface area (Å²) in [7, 11) is -3.28. The summed E-state index contributed by atoms with van der Waals surface area (Å²) in [6.07, 6.45) is -3.47. The molecule has 0 saturated carbocycles. The maximum atomic E-state index is 12.9. The maximum absolute atomic E-state index is 12.9. The molecular formula is C29H28F3N3O3S. The van der Waals surface area contributed by atoms with Crippen molar-refractivity contribution in [1.29, 1.82) is 5.26 Å². The molecule has 204 valence electrons. The van der Waals surface area contributed by atoms with Crippen LogP contribution in [0.3, 0.4) is 0 Å². The van der Waals surface area contributed by atoms with Gasteiger partial charge in [-0.1, -0.05) is 31.2 Å². The van der Waals surface area contributed by atoms with Gasteiger partial charge in [-0.15, -0.1) is 0 Å². The van der Waals surface area contributed by atoms with Gasteiger partial charge in [-0.25, -0.2) is 8.42 Å². The molecule has 2 atom stereocenters. The zero-order chi connectivity index (χ0) is 28.2. The van der Waals surface area contributed by atoms with E-state index in [1.165, 1.54) is 24.3 Å². The summed E-state index contributed by atoms with van der Waals surface area (Å²) in [5.41, 5.74) is 2.14. The molecule has 4 rings (SSSR count). The third-order valence-electron chi connectivity index (χ3n) is 7.03. The number of nitriles is 1. The van der Waals surface area contributed by atoms with E-state index in [0.717, 1.165) is 28.9 Å². The smallest absolute Gasteiger partial charge is 0.367 e. The van der Waals surface area contributed by atoms with E-state index in [2.05, 4.69) is 16.3 Å². The molecule has 0 aliphatic carbocycles. The number of carbonyl (C=O) groups excluding carboxylic acids is 1. The molecule has 6 nitrogen and oxygen atoms in total. The van der Waals surface area contributed by atoms with Crippen molar-refractivity contribution in [3.8, 4) is 6.07 Å². The van der Waals surface area contributed by atoms with Crippen LogP contribution < -0.4 is 10.2 Å². The number of carbonyl (C=O) groups is 1. The molecule has 1 N–H and O–H groups in total. The van der Waals surface area contributed by atoms with E-state index in [-0.39, 0.29) is 41.5 Å². The first kappa shape index (κ1) is 28.2. The third-order valence-corrected chi connectivity index (χ3v) is 8.78. The van der Waals surface area contributed by atoms with Crippen LogP contribution in [0.2, 0.25) is 0 Å². The molecule has 39 heavy (non-hydrogen) atoms. The van der Waals surface area contributed by atoms with Gasteiger partial charge < -0.3 is 10.2 Å². The number of hydrogen-bond acceptors (Lipinski definition) is 5. The molecular weight excluding hydrogens is 527 g/mol. The lowest BCUT2D eigenvalue weighted by atomic mass is 9.95. The van der Waals surface area contributed by atoms with E-state index >= 15 is 0 Å². The average molecular weight is 556 g/mol. The van der Waals surface area contributed by atoms with Crippen LogP contribution >= 0.6 is 0 Å². The Balaban J connectivity index is 1.40. The van der Waals surface area contributed by atoms with Crippen molar-refractivity contribution in [1.82, 2.24) is 5.32 Å². The highest BCUT2D eigenvalue weighted by molar-refractivity contribution is 7.91. The lowest BCUT2D eigenvalue weighted by Crippen LogP contribution is -2.29. The molecule has 1 saturated heterocycles. The molecule has 0 spiro atoms. The Hall–Kier alpha value is -3.84. The fourth-order valence-electron chi connectivity index (χ4n) is 4.79. The minimum absolute atomic E-state index is 0.0173. The summed E-state index contributed by atoms with van der Waals surface area (Å²) in [5, 5.41) is 12.2. The van der Waals surface area contributed by atoms with E-state index in [1.54, 1.807) is 43.3 Å². The van der Waals surface area contributed by atoms with E-state index in [4.69, 9.17) is 0 Å². The van der Waals surface area contributed by atoms with Gasteiger partial charge in [0.25, 0.3) is 5.91 Å². The van der Waals surface area contributed by atoms with Gasteiger partial charge in [0, 0.05) is 36.3 Å². The van der Waals surface area contributed by atoms with Gasteiger partial charge >= 0.3 is 6.18 Å². The number of hydrogen-bond donors (Lipinski definition) is 1. The van der Waals surface area contributed by atoms with Crippen molar-refractivity contribution >= 4 is 21.4 Å². The van der Waals surface area contributed by atoms with E-state index < -0.39 is 21.6 Å². The van der Waals surface area contributed by atoms with Gasteiger partial charge in [0.2, 0.25) is 0 Å². The second-order valence-electron chi connectivity index (χ2n) is 9.50. The second-order valence-corrected chi connectivity index (χ2v) is 11.8. The van der Waals surface area contributed by atoms with Crippen LogP contribution in [0.25, 0.3) is 0 Å². The maximum Gasteiger partial charge on any atom is 0.416 e. The van der Waals surface area contributed by atoms with E-state index in [1.807, 2.05) is 0 Å². The lowest BCUT2D eigenvalue weighted by Gasteiger charge is -2.25. The number of rotatable bonds is 8. The summed E-state index contributed by atoms with van der Waals surface area (Å²) in [6, 6.07) is 20.7. The fraction of sp³-hybridized carbons (Fsp3) is 0.310. The number of benzene rings is 3. The van der Waals surface area contributed by atoms with Gasteiger partial charge in [0.1, 0.15) is 0 Å². The van der Waals surface area contributed by atoms with Crippen molar-refractivity contribution in [3.63, 3.8) is 0 Å².